The molecule has 144 valence electrons. The smallest absolute Gasteiger partial charge is 0.253 e. The van der Waals surface area contributed by atoms with E-state index < -0.39 is 0 Å². The quantitative estimate of drug-likeness (QED) is 0.802. The highest BCUT2D eigenvalue weighted by atomic mass is 16.5. The van der Waals surface area contributed by atoms with Crippen molar-refractivity contribution in [2.24, 2.45) is 5.92 Å². The van der Waals surface area contributed by atoms with Crippen LogP contribution in [0.2, 0.25) is 0 Å². The maximum Gasteiger partial charge on any atom is 0.253 e. The number of pyridine rings is 1. The van der Waals surface area contributed by atoms with Gasteiger partial charge in [-0.3, -0.25) is 4.79 Å². The second kappa shape index (κ2) is 8.41. The molecule has 6 heteroatoms. The molecule has 6 nitrogen and oxygen atoms in total. The standard InChI is InChI=1S/C22H24N4O2/c23-12-15-1-5-18(6-2-15)26-21-11-19(17-3-4-17)20(14-24-21)22(27)25-13-16-7-9-28-10-8-16/h1-2,5-6,11,14,16-17H,3-4,7-10,13H2,(H,24,26)(H,25,27). The number of hydrogen-bond donors (Lipinski definition) is 2. The lowest BCUT2D eigenvalue weighted by atomic mass is 10.00. The predicted octanol–water partition coefficient (Wildman–Crippen LogP) is 3.73. The Morgan fingerprint density at radius 1 is 1.18 bits per heavy atom. The number of aromatic nitrogens is 1. The van der Waals surface area contributed by atoms with Crippen LogP contribution in [0.4, 0.5) is 11.5 Å². The molecule has 2 heterocycles. The lowest BCUT2D eigenvalue weighted by Crippen LogP contribution is -2.32. The number of rotatable bonds is 6. The fourth-order valence-corrected chi connectivity index (χ4v) is 3.52. The molecule has 1 saturated heterocycles. The minimum absolute atomic E-state index is 0.0363. The SMILES string of the molecule is N#Cc1ccc(Nc2cc(C3CC3)c(C(=O)NCC3CCOCC3)cn2)cc1. The average Bonchev–Trinajstić information content (AvgIpc) is 3.59. The topological polar surface area (TPSA) is 87.0 Å². The molecule has 0 radical (unpaired) electrons. The Kier molecular flexibility index (Phi) is 5.54. The Morgan fingerprint density at radius 3 is 2.61 bits per heavy atom. The van der Waals surface area contributed by atoms with Gasteiger partial charge in [-0.05, 0) is 73.4 Å². The summed E-state index contributed by atoms with van der Waals surface area (Å²) < 4.78 is 5.38. The van der Waals surface area contributed by atoms with Crippen LogP contribution in [0.15, 0.2) is 36.5 Å². The number of nitrogens with one attached hydrogen (secondary N) is 2. The van der Waals surface area contributed by atoms with E-state index in [0.29, 0.717) is 35.3 Å². The summed E-state index contributed by atoms with van der Waals surface area (Å²) in [4.78, 5) is 17.2. The molecule has 2 fully saturated rings. The zero-order chi connectivity index (χ0) is 19.3. The number of carbonyl (C=O) groups excluding carboxylic acids is 1. The summed E-state index contributed by atoms with van der Waals surface area (Å²) in [5, 5.41) is 15.3. The average molecular weight is 376 g/mol. The molecule has 1 aliphatic carbocycles. The predicted molar refractivity (Wildman–Crippen MR) is 107 cm³/mol. The van der Waals surface area contributed by atoms with E-state index in [1.54, 1.807) is 18.3 Å². The van der Waals surface area contributed by atoms with Gasteiger partial charge in [-0.1, -0.05) is 0 Å². The lowest BCUT2D eigenvalue weighted by molar-refractivity contribution is 0.0642. The van der Waals surface area contributed by atoms with E-state index in [0.717, 1.165) is 50.1 Å². The number of hydrogen-bond acceptors (Lipinski definition) is 5. The highest BCUT2D eigenvalue weighted by Gasteiger charge is 2.29. The van der Waals surface area contributed by atoms with Crippen LogP contribution in [0.1, 0.15) is 53.1 Å². The molecule has 2 aliphatic rings. The Labute approximate surface area is 164 Å². The van der Waals surface area contributed by atoms with E-state index in [1.807, 2.05) is 18.2 Å². The molecule has 0 unspecified atom stereocenters. The van der Waals surface area contributed by atoms with Crippen molar-refractivity contribution in [3.05, 3.63) is 53.2 Å². The van der Waals surface area contributed by atoms with Crippen LogP contribution in [0.5, 0.6) is 0 Å². The van der Waals surface area contributed by atoms with Gasteiger partial charge in [0.15, 0.2) is 0 Å². The number of nitriles is 1. The Balaban J connectivity index is 1.45. The van der Waals surface area contributed by atoms with Crippen LogP contribution < -0.4 is 10.6 Å². The molecular formula is C22H24N4O2. The number of ether oxygens (including phenoxy) is 1. The Morgan fingerprint density at radius 2 is 1.93 bits per heavy atom. The van der Waals surface area contributed by atoms with Gasteiger partial charge >= 0.3 is 0 Å². The number of carbonyl (C=O) groups is 1. The minimum atomic E-state index is -0.0363. The van der Waals surface area contributed by atoms with E-state index in [1.165, 1.54) is 0 Å². The van der Waals surface area contributed by atoms with Gasteiger partial charge in [-0.15, -0.1) is 0 Å². The molecular weight excluding hydrogens is 352 g/mol. The second-order valence-corrected chi connectivity index (χ2v) is 7.51. The molecule has 1 aromatic heterocycles. The van der Waals surface area contributed by atoms with Gasteiger partial charge in [0.2, 0.25) is 0 Å². The van der Waals surface area contributed by atoms with Gasteiger partial charge in [-0.25, -0.2) is 4.98 Å². The van der Waals surface area contributed by atoms with Gasteiger partial charge in [0.1, 0.15) is 5.82 Å². The van der Waals surface area contributed by atoms with E-state index in [2.05, 4.69) is 21.7 Å². The molecule has 2 N–H and O–H groups in total. The highest BCUT2D eigenvalue weighted by Crippen LogP contribution is 2.42. The summed E-state index contributed by atoms with van der Waals surface area (Å²) in [6, 6.07) is 11.3. The van der Waals surface area contributed by atoms with Crippen molar-refractivity contribution in [3.8, 4) is 6.07 Å². The number of nitrogens with zero attached hydrogens (tertiary/aromatic N) is 2. The van der Waals surface area contributed by atoms with E-state index >= 15 is 0 Å². The van der Waals surface area contributed by atoms with Gasteiger partial charge in [0.25, 0.3) is 5.91 Å². The zero-order valence-electron chi connectivity index (χ0n) is 15.8. The molecule has 1 amide bonds. The monoisotopic (exact) mass is 376 g/mol. The minimum Gasteiger partial charge on any atom is -0.381 e. The first-order valence-corrected chi connectivity index (χ1v) is 9.86. The third-order valence-electron chi connectivity index (χ3n) is 5.38. The van der Waals surface area contributed by atoms with Crippen molar-refractivity contribution in [2.45, 2.75) is 31.6 Å². The van der Waals surface area contributed by atoms with Crippen molar-refractivity contribution >= 4 is 17.4 Å². The third-order valence-corrected chi connectivity index (χ3v) is 5.38. The fraction of sp³-hybridized carbons (Fsp3) is 0.409. The van der Waals surface area contributed by atoms with Crippen molar-refractivity contribution in [3.63, 3.8) is 0 Å². The third kappa shape index (κ3) is 4.49. The molecule has 1 saturated carbocycles. The molecule has 0 atom stereocenters. The first-order chi connectivity index (χ1) is 13.7. The van der Waals surface area contributed by atoms with Crippen LogP contribution in [0.3, 0.4) is 0 Å². The molecule has 4 rings (SSSR count). The van der Waals surface area contributed by atoms with Gasteiger partial charge in [-0.2, -0.15) is 5.26 Å². The maximum absolute atomic E-state index is 12.7. The van der Waals surface area contributed by atoms with Gasteiger partial charge in [0, 0.05) is 31.6 Å². The number of anilines is 2. The number of benzene rings is 1. The first-order valence-electron chi connectivity index (χ1n) is 9.86. The summed E-state index contributed by atoms with van der Waals surface area (Å²) in [5.74, 6) is 1.61. The summed E-state index contributed by atoms with van der Waals surface area (Å²) in [7, 11) is 0. The normalized spacial score (nSPS) is 17.0. The summed E-state index contributed by atoms with van der Waals surface area (Å²) in [5.41, 5.74) is 3.23. The zero-order valence-corrected chi connectivity index (χ0v) is 15.8. The van der Waals surface area contributed by atoms with Gasteiger partial charge in [0.05, 0.1) is 17.2 Å². The Bertz CT molecular complexity index is 878. The van der Waals surface area contributed by atoms with Crippen molar-refractivity contribution < 1.29 is 9.53 Å². The van der Waals surface area contributed by atoms with Crippen LogP contribution in [0.25, 0.3) is 0 Å². The largest absolute Gasteiger partial charge is 0.381 e. The van der Waals surface area contributed by atoms with Crippen LogP contribution in [-0.2, 0) is 4.74 Å². The highest BCUT2D eigenvalue weighted by molar-refractivity contribution is 5.96. The van der Waals surface area contributed by atoms with Crippen molar-refractivity contribution in [2.75, 3.05) is 25.1 Å². The summed E-state index contributed by atoms with van der Waals surface area (Å²) in [6.07, 6.45) is 5.91. The van der Waals surface area contributed by atoms with E-state index in [4.69, 9.17) is 10.00 Å². The van der Waals surface area contributed by atoms with E-state index in [9.17, 15) is 4.79 Å². The molecule has 0 spiro atoms. The summed E-state index contributed by atoms with van der Waals surface area (Å²) in [6.45, 7) is 2.26. The van der Waals surface area contributed by atoms with Crippen LogP contribution in [-0.4, -0.2) is 30.6 Å². The second-order valence-electron chi connectivity index (χ2n) is 7.51. The number of amides is 1. The van der Waals surface area contributed by atoms with Crippen LogP contribution in [0, 0.1) is 17.2 Å². The fourth-order valence-electron chi connectivity index (χ4n) is 3.52. The molecule has 2 aromatic rings. The summed E-state index contributed by atoms with van der Waals surface area (Å²) >= 11 is 0. The lowest BCUT2D eigenvalue weighted by Gasteiger charge is -2.22. The van der Waals surface area contributed by atoms with Crippen molar-refractivity contribution in [1.82, 2.24) is 10.3 Å². The molecule has 0 bridgehead atoms. The Hall–Kier alpha value is -2.91. The maximum atomic E-state index is 12.7. The van der Waals surface area contributed by atoms with Crippen LogP contribution >= 0.6 is 0 Å². The molecule has 28 heavy (non-hydrogen) atoms. The van der Waals surface area contributed by atoms with Gasteiger partial charge < -0.3 is 15.4 Å². The first kappa shape index (κ1) is 18.5. The molecule has 1 aliphatic heterocycles. The molecule has 1 aromatic carbocycles. The van der Waals surface area contributed by atoms with E-state index in [-0.39, 0.29) is 5.91 Å². The van der Waals surface area contributed by atoms with Crippen molar-refractivity contribution in [1.29, 1.82) is 5.26 Å².